The van der Waals surface area contributed by atoms with Crippen LogP contribution in [-0.2, 0) is 36.2 Å². The van der Waals surface area contributed by atoms with Crippen LogP contribution in [0.3, 0.4) is 0 Å². The van der Waals surface area contributed by atoms with Crippen molar-refractivity contribution < 1.29 is 48.1 Å². The number of fused-ring (bicyclic) bond motifs is 2. The standard InChI is InChI=1S/2C25H29.C2H6Si.2ClH.Zr/c2*1-3-18(2)21-11-13-22(14-12-21)24-10-6-9-23-16-20(17-25(23)24)15-19-7-4-5-8-19;1-3-2;;;/h2*6,9-14,16-19H,3-5,7-8,15H2,1-2H3;1-2H3;2*1H;/q2*-1;;;;+2/p-2. The summed E-state index contributed by atoms with van der Waals surface area (Å²) in [5, 5.41) is 5.64. The zero-order valence-electron chi connectivity index (χ0n) is 34.9. The second kappa shape index (κ2) is 22.8. The molecule has 2 unspecified atom stereocenters. The van der Waals surface area contributed by atoms with Gasteiger partial charge in [0.2, 0.25) is 0 Å². The molecule has 0 aliphatic heterocycles. The fourth-order valence-corrected chi connectivity index (χ4v) is 8.88. The molecule has 6 aromatic carbocycles. The van der Waals surface area contributed by atoms with E-state index in [2.05, 4.69) is 150 Å². The summed E-state index contributed by atoms with van der Waals surface area (Å²) in [5.74, 6) is 3.11. The number of hydrogen-bond acceptors (Lipinski definition) is 0. The maximum Gasteiger partial charge on any atom is -1.00 e. The molecule has 0 bridgehead atoms. The van der Waals surface area contributed by atoms with Gasteiger partial charge in [0.25, 0.3) is 0 Å². The normalized spacial score (nSPS) is 15.3. The van der Waals surface area contributed by atoms with Gasteiger partial charge in [-0.3, -0.25) is 0 Å². The predicted octanol–water partition coefficient (Wildman–Crippen LogP) is 9.74. The largest absolute Gasteiger partial charge is 1.00 e. The van der Waals surface area contributed by atoms with Gasteiger partial charge in [-0.25, -0.2) is 0 Å². The van der Waals surface area contributed by atoms with Crippen molar-refractivity contribution in [2.75, 3.05) is 0 Å². The van der Waals surface area contributed by atoms with Crippen LogP contribution >= 0.6 is 0 Å². The molecule has 2 aliphatic rings. The summed E-state index contributed by atoms with van der Waals surface area (Å²) in [6, 6.07) is 41.7. The third-order valence-corrected chi connectivity index (χ3v) is 12.4. The quantitative estimate of drug-likeness (QED) is 0.0951. The monoisotopic (exact) mass is 876 g/mol. The molecular weight excluding hydrogens is 815 g/mol. The second-order valence-corrected chi connectivity index (χ2v) is 26.3. The summed E-state index contributed by atoms with van der Waals surface area (Å²) in [4.78, 5) is 0. The van der Waals surface area contributed by atoms with E-state index in [1.165, 1.54) is 143 Å². The van der Waals surface area contributed by atoms with Crippen LogP contribution in [0.25, 0.3) is 43.8 Å². The summed E-state index contributed by atoms with van der Waals surface area (Å²) >= 11 is 1.74. The van der Waals surface area contributed by atoms with E-state index in [4.69, 9.17) is 0 Å². The Morgan fingerprint density at radius 3 is 1.23 bits per heavy atom. The second-order valence-electron chi connectivity index (χ2n) is 16.9. The first-order valence-electron chi connectivity index (χ1n) is 21.3. The van der Waals surface area contributed by atoms with Gasteiger partial charge in [-0.05, 0) is 71.6 Å². The molecule has 0 nitrogen and oxygen atoms in total. The van der Waals surface area contributed by atoms with Gasteiger partial charge in [0.1, 0.15) is 0 Å². The van der Waals surface area contributed by atoms with E-state index in [1.54, 1.807) is 23.3 Å². The molecular formula is C52H64Cl2SiZr-2. The Bertz CT molecular complexity index is 1920. The number of rotatable bonds is 10. The van der Waals surface area contributed by atoms with Crippen LogP contribution in [0.1, 0.15) is 126 Å². The van der Waals surface area contributed by atoms with Crippen LogP contribution in [-0.4, -0.2) is 5.43 Å². The molecule has 0 heterocycles. The molecule has 296 valence electrons. The molecule has 0 amide bonds. The average Bonchev–Trinajstić information content (AvgIpc) is 4.03. The van der Waals surface area contributed by atoms with Crippen molar-refractivity contribution in [2.45, 2.75) is 130 Å². The molecule has 0 radical (unpaired) electrons. The zero-order chi connectivity index (χ0) is 38.0. The van der Waals surface area contributed by atoms with Gasteiger partial charge >= 0.3 is 41.9 Å². The molecule has 8 rings (SSSR count). The Hall–Kier alpha value is -2.22. The van der Waals surface area contributed by atoms with Gasteiger partial charge in [0, 0.05) is 0 Å². The number of benzene rings is 4. The van der Waals surface area contributed by atoms with E-state index in [0.717, 1.165) is 11.8 Å². The topological polar surface area (TPSA) is 0 Å². The molecule has 0 N–H and O–H groups in total. The molecule has 6 aromatic rings. The van der Waals surface area contributed by atoms with E-state index in [0.29, 0.717) is 11.8 Å². The molecule has 2 fully saturated rings. The molecule has 4 heteroatoms. The first-order valence-corrected chi connectivity index (χ1v) is 27.5. The first-order chi connectivity index (χ1) is 26.2. The summed E-state index contributed by atoms with van der Waals surface area (Å²) in [6.45, 7) is 13.8. The van der Waals surface area contributed by atoms with E-state index in [1.807, 2.05) is 0 Å². The summed E-state index contributed by atoms with van der Waals surface area (Å²) < 4.78 is 0. The van der Waals surface area contributed by atoms with Crippen molar-refractivity contribution in [3.8, 4) is 22.3 Å². The Morgan fingerprint density at radius 1 is 0.571 bits per heavy atom. The molecule has 2 atom stereocenters. The Labute approximate surface area is 367 Å². The van der Waals surface area contributed by atoms with Crippen molar-refractivity contribution in [2.24, 2.45) is 11.8 Å². The van der Waals surface area contributed by atoms with Gasteiger partial charge in [0.05, 0.1) is 0 Å². The Balaban J connectivity index is 0.000000220. The Kier molecular flexibility index (Phi) is 18.9. The van der Waals surface area contributed by atoms with Gasteiger partial charge in [0.15, 0.2) is 0 Å². The van der Waals surface area contributed by atoms with Gasteiger partial charge in [-0.1, -0.05) is 151 Å². The maximum atomic E-state index is 2.45. The predicted molar refractivity (Wildman–Crippen MR) is 236 cm³/mol. The van der Waals surface area contributed by atoms with E-state index in [-0.39, 0.29) is 30.2 Å². The third kappa shape index (κ3) is 12.4. The van der Waals surface area contributed by atoms with E-state index >= 15 is 0 Å². The van der Waals surface area contributed by atoms with Crippen molar-refractivity contribution in [1.29, 1.82) is 0 Å². The van der Waals surface area contributed by atoms with Crippen molar-refractivity contribution >= 4 is 27.0 Å². The van der Waals surface area contributed by atoms with Crippen molar-refractivity contribution in [1.82, 2.24) is 0 Å². The molecule has 0 saturated heterocycles. The maximum absolute atomic E-state index is 2.45. The fraction of sp³-hybridized carbons (Fsp3) is 0.423. The van der Waals surface area contributed by atoms with Crippen LogP contribution in [0.4, 0.5) is 0 Å². The minimum atomic E-state index is 0. The first kappa shape index (κ1) is 46.5. The van der Waals surface area contributed by atoms with Gasteiger partial charge in [-0.15, -0.1) is 69.1 Å². The minimum absolute atomic E-state index is 0. The van der Waals surface area contributed by atoms with Crippen LogP contribution < -0.4 is 24.8 Å². The van der Waals surface area contributed by atoms with Crippen LogP contribution in [0.15, 0.2) is 109 Å². The van der Waals surface area contributed by atoms with Gasteiger partial charge in [-0.2, -0.15) is 12.1 Å². The average molecular weight is 879 g/mol. The van der Waals surface area contributed by atoms with Crippen LogP contribution in [0.2, 0.25) is 13.1 Å². The SMILES string of the molecule is CCC(C)c1ccc(-c2cccc3[cH-]c(CC4CCCC4)cc23)cc1.CCC(C)c1ccc(-c2cccc3[cH-]c(CC4CCCC4)cc23)cc1.C[Si](C)=[Zr+2].[Cl-].[Cl-]. The van der Waals surface area contributed by atoms with Crippen LogP contribution in [0.5, 0.6) is 0 Å². The van der Waals surface area contributed by atoms with Crippen molar-refractivity contribution in [3.05, 3.63) is 131 Å². The minimum Gasteiger partial charge on any atom is -1.00 e. The molecule has 0 aromatic heterocycles. The summed E-state index contributed by atoms with van der Waals surface area (Å²) in [7, 11) is 0. The molecule has 2 aliphatic carbocycles. The molecule has 56 heavy (non-hydrogen) atoms. The Morgan fingerprint density at radius 2 is 0.911 bits per heavy atom. The zero-order valence-corrected chi connectivity index (χ0v) is 39.9. The van der Waals surface area contributed by atoms with Crippen molar-refractivity contribution in [3.63, 3.8) is 0 Å². The van der Waals surface area contributed by atoms with Crippen LogP contribution in [0, 0.1) is 11.8 Å². The van der Waals surface area contributed by atoms with Gasteiger partial charge < -0.3 is 24.8 Å². The summed E-state index contributed by atoms with van der Waals surface area (Å²) in [5.41, 5.74) is 11.6. The fourth-order valence-electron chi connectivity index (χ4n) is 8.88. The van der Waals surface area contributed by atoms with E-state index in [9.17, 15) is 0 Å². The smallest absolute Gasteiger partial charge is 1.00 e. The molecule has 0 spiro atoms. The number of halogens is 2. The summed E-state index contributed by atoms with van der Waals surface area (Å²) in [6.07, 6.45) is 16.3. The third-order valence-electron chi connectivity index (χ3n) is 12.4. The van der Waals surface area contributed by atoms with E-state index < -0.39 is 0 Å². The molecule has 2 saturated carbocycles. The number of hydrogen-bond donors (Lipinski definition) is 0.